The minimum atomic E-state index is -0.522. The second-order valence-corrected chi connectivity index (χ2v) is 6.96. The van der Waals surface area contributed by atoms with Gasteiger partial charge in [-0.15, -0.1) is 0 Å². The molecule has 146 valence electrons. The van der Waals surface area contributed by atoms with Crippen LogP contribution in [0.2, 0.25) is 0 Å². The fraction of sp³-hybridized carbons (Fsp3) is 0.435. The van der Waals surface area contributed by atoms with Gasteiger partial charge in [-0.05, 0) is 48.4 Å². The summed E-state index contributed by atoms with van der Waals surface area (Å²) < 4.78 is 11.1. The third-order valence-electron chi connectivity index (χ3n) is 4.59. The number of carbonyl (C=O) groups is 1. The maximum absolute atomic E-state index is 12.4. The van der Waals surface area contributed by atoms with E-state index >= 15 is 0 Å². The average molecular weight is 370 g/mol. The lowest BCUT2D eigenvalue weighted by Crippen LogP contribution is -2.38. The van der Waals surface area contributed by atoms with Crippen molar-refractivity contribution < 1.29 is 14.3 Å². The quantitative estimate of drug-likeness (QED) is 0.616. The number of hydrogen-bond donors (Lipinski definition) is 1. The van der Waals surface area contributed by atoms with E-state index in [1.54, 1.807) is 7.11 Å². The first-order valence-corrected chi connectivity index (χ1v) is 9.71. The molecule has 4 heteroatoms. The SMILES string of the molecule is CCC(Oc1ccccc1OC)C(=O)NCCCc1ccc(C(C)C)cc1. The Kier molecular flexibility index (Phi) is 8.18. The van der Waals surface area contributed by atoms with Gasteiger partial charge in [0.05, 0.1) is 7.11 Å². The molecule has 0 fully saturated rings. The zero-order valence-corrected chi connectivity index (χ0v) is 16.8. The highest BCUT2D eigenvalue weighted by Gasteiger charge is 2.19. The van der Waals surface area contributed by atoms with Gasteiger partial charge in [0, 0.05) is 6.54 Å². The molecule has 0 aliphatic heterocycles. The van der Waals surface area contributed by atoms with Crippen LogP contribution >= 0.6 is 0 Å². The molecule has 0 spiro atoms. The summed E-state index contributed by atoms with van der Waals surface area (Å²) in [4.78, 5) is 12.4. The largest absolute Gasteiger partial charge is 0.493 e. The van der Waals surface area contributed by atoms with E-state index < -0.39 is 6.10 Å². The fourth-order valence-electron chi connectivity index (χ4n) is 2.88. The van der Waals surface area contributed by atoms with Gasteiger partial charge in [-0.1, -0.05) is 57.2 Å². The monoisotopic (exact) mass is 369 g/mol. The summed E-state index contributed by atoms with van der Waals surface area (Å²) in [7, 11) is 1.59. The van der Waals surface area contributed by atoms with Crippen molar-refractivity contribution in [2.24, 2.45) is 0 Å². The van der Waals surface area contributed by atoms with Gasteiger partial charge in [-0.2, -0.15) is 0 Å². The van der Waals surface area contributed by atoms with Crippen LogP contribution in [0, 0.1) is 0 Å². The Balaban J connectivity index is 1.79. The van der Waals surface area contributed by atoms with E-state index in [1.165, 1.54) is 11.1 Å². The van der Waals surface area contributed by atoms with E-state index in [4.69, 9.17) is 9.47 Å². The molecule has 27 heavy (non-hydrogen) atoms. The van der Waals surface area contributed by atoms with Crippen LogP contribution in [0.25, 0.3) is 0 Å². The molecule has 0 heterocycles. The predicted molar refractivity (Wildman–Crippen MR) is 110 cm³/mol. The zero-order chi connectivity index (χ0) is 19.6. The highest BCUT2D eigenvalue weighted by Crippen LogP contribution is 2.27. The summed E-state index contributed by atoms with van der Waals surface area (Å²) in [6, 6.07) is 16.1. The number of para-hydroxylation sites is 2. The number of carbonyl (C=O) groups excluding carboxylic acids is 1. The van der Waals surface area contributed by atoms with Crippen molar-refractivity contribution >= 4 is 5.91 Å². The van der Waals surface area contributed by atoms with Crippen LogP contribution < -0.4 is 14.8 Å². The standard InChI is InChI=1S/C23H31NO3/c1-5-20(27-22-11-7-6-10-21(22)26-4)23(25)24-16-8-9-18-12-14-19(15-13-18)17(2)3/h6-7,10-15,17,20H,5,8-9,16H2,1-4H3,(H,24,25). The second-order valence-electron chi connectivity index (χ2n) is 6.96. The molecule has 0 saturated carbocycles. The van der Waals surface area contributed by atoms with Gasteiger partial charge in [0.15, 0.2) is 17.6 Å². The van der Waals surface area contributed by atoms with E-state index in [1.807, 2.05) is 31.2 Å². The fourth-order valence-corrected chi connectivity index (χ4v) is 2.88. The summed E-state index contributed by atoms with van der Waals surface area (Å²) in [5.41, 5.74) is 2.65. The Morgan fingerprint density at radius 2 is 1.70 bits per heavy atom. The van der Waals surface area contributed by atoms with Crippen molar-refractivity contribution in [3.63, 3.8) is 0 Å². The van der Waals surface area contributed by atoms with Crippen LogP contribution in [0.5, 0.6) is 11.5 Å². The van der Waals surface area contributed by atoms with E-state index in [0.717, 1.165) is 12.8 Å². The number of aryl methyl sites for hydroxylation is 1. The molecular formula is C23H31NO3. The maximum atomic E-state index is 12.4. The van der Waals surface area contributed by atoms with Gasteiger partial charge < -0.3 is 14.8 Å². The molecule has 0 bridgehead atoms. The summed E-state index contributed by atoms with van der Waals surface area (Å²) in [5, 5.41) is 2.99. The van der Waals surface area contributed by atoms with Crippen LogP contribution in [0.3, 0.4) is 0 Å². The Morgan fingerprint density at radius 3 is 2.30 bits per heavy atom. The number of methoxy groups -OCH3 is 1. The number of nitrogens with one attached hydrogen (secondary N) is 1. The van der Waals surface area contributed by atoms with Crippen LogP contribution in [-0.4, -0.2) is 25.7 Å². The Labute approximate surface area is 162 Å². The van der Waals surface area contributed by atoms with Crippen LogP contribution in [0.1, 0.15) is 50.7 Å². The number of benzene rings is 2. The highest BCUT2D eigenvalue weighted by molar-refractivity contribution is 5.81. The summed E-state index contributed by atoms with van der Waals surface area (Å²) in [5.74, 6) is 1.69. The Morgan fingerprint density at radius 1 is 1.04 bits per heavy atom. The average Bonchev–Trinajstić information content (AvgIpc) is 2.69. The molecule has 1 amide bonds. The number of hydrogen-bond acceptors (Lipinski definition) is 3. The van der Waals surface area contributed by atoms with Crippen molar-refractivity contribution in [2.45, 2.75) is 52.1 Å². The van der Waals surface area contributed by atoms with Crippen LogP contribution in [-0.2, 0) is 11.2 Å². The minimum absolute atomic E-state index is 0.0847. The normalized spacial score (nSPS) is 11.9. The van der Waals surface area contributed by atoms with Gasteiger partial charge >= 0.3 is 0 Å². The van der Waals surface area contributed by atoms with Gasteiger partial charge in [-0.25, -0.2) is 0 Å². The lowest BCUT2D eigenvalue weighted by Gasteiger charge is -2.18. The first kappa shape index (κ1) is 20.8. The summed E-state index contributed by atoms with van der Waals surface area (Å²) in [6.07, 6.45) is 1.92. The first-order chi connectivity index (χ1) is 13.0. The van der Waals surface area contributed by atoms with Gasteiger partial charge in [0.2, 0.25) is 0 Å². The lowest BCUT2D eigenvalue weighted by molar-refractivity contribution is -0.128. The van der Waals surface area contributed by atoms with E-state index in [0.29, 0.717) is 30.4 Å². The maximum Gasteiger partial charge on any atom is 0.261 e. The summed E-state index contributed by atoms with van der Waals surface area (Å²) >= 11 is 0. The van der Waals surface area contributed by atoms with E-state index in [9.17, 15) is 4.79 Å². The Bertz CT molecular complexity index is 710. The third-order valence-corrected chi connectivity index (χ3v) is 4.59. The minimum Gasteiger partial charge on any atom is -0.493 e. The van der Waals surface area contributed by atoms with Crippen molar-refractivity contribution in [1.29, 1.82) is 0 Å². The van der Waals surface area contributed by atoms with E-state index in [2.05, 4.69) is 43.4 Å². The molecule has 0 aliphatic rings. The topological polar surface area (TPSA) is 47.6 Å². The van der Waals surface area contributed by atoms with Gasteiger partial charge in [0.25, 0.3) is 5.91 Å². The van der Waals surface area contributed by atoms with Crippen molar-refractivity contribution in [2.75, 3.05) is 13.7 Å². The van der Waals surface area contributed by atoms with Gasteiger partial charge in [0.1, 0.15) is 0 Å². The molecule has 1 N–H and O–H groups in total. The molecule has 2 rings (SSSR count). The molecule has 1 atom stereocenters. The second kappa shape index (κ2) is 10.6. The Hall–Kier alpha value is -2.49. The number of amides is 1. The van der Waals surface area contributed by atoms with Crippen molar-refractivity contribution in [3.05, 3.63) is 59.7 Å². The lowest BCUT2D eigenvalue weighted by atomic mass is 10.0. The molecule has 2 aromatic rings. The molecule has 1 unspecified atom stereocenters. The van der Waals surface area contributed by atoms with Crippen LogP contribution in [0.15, 0.2) is 48.5 Å². The molecule has 4 nitrogen and oxygen atoms in total. The molecule has 2 aromatic carbocycles. The number of rotatable bonds is 10. The van der Waals surface area contributed by atoms with Gasteiger partial charge in [-0.3, -0.25) is 4.79 Å². The highest BCUT2D eigenvalue weighted by atomic mass is 16.5. The predicted octanol–water partition coefficient (Wildman–Crippen LogP) is 4.73. The summed E-state index contributed by atoms with van der Waals surface area (Å²) in [6.45, 7) is 6.97. The smallest absolute Gasteiger partial charge is 0.261 e. The third kappa shape index (κ3) is 6.31. The molecule has 0 saturated heterocycles. The van der Waals surface area contributed by atoms with E-state index in [-0.39, 0.29) is 5.91 Å². The van der Waals surface area contributed by atoms with Crippen LogP contribution in [0.4, 0.5) is 0 Å². The number of ether oxygens (including phenoxy) is 2. The first-order valence-electron chi connectivity index (χ1n) is 9.71. The molecular weight excluding hydrogens is 338 g/mol. The molecule has 0 radical (unpaired) electrons. The van der Waals surface area contributed by atoms with Crippen molar-refractivity contribution in [3.8, 4) is 11.5 Å². The van der Waals surface area contributed by atoms with Crippen molar-refractivity contribution in [1.82, 2.24) is 5.32 Å². The molecule has 0 aliphatic carbocycles. The zero-order valence-electron chi connectivity index (χ0n) is 16.8. The molecule has 0 aromatic heterocycles.